The molecule has 2 saturated carbocycles. The molecule has 2 aliphatic carbocycles. The first-order chi connectivity index (χ1) is 9.60. The van der Waals surface area contributed by atoms with E-state index in [2.05, 4.69) is 5.32 Å². The fourth-order valence-electron chi connectivity index (χ4n) is 3.47. The summed E-state index contributed by atoms with van der Waals surface area (Å²) in [5.74, 6) is 0.181. The highest BCUT2D eigenvalue weighted by molar-refractivity contribution is 5.78. The van der Waals surface area contributed by atoms with Crippen LogP contribution in [0.3, 0.4) is 0 Å². The van der Waals surface area contributed by atoms with Crippen molar-refractivity contribution < 1.29 is 14.7 Å². The van der Waals surface area contributed by atoms with E-state index in [1.165, 1.54) is 25.7 Å². The molecule has 2 aliphatic rings. The molecule has 1 amide bonds. The van der Waals surface area contributed by atoms with Gasteiger partial charge in [0.15, 0.2) is 0 Å². The topological polar surface area (TPSA) is 66.4 Å². The summed E-state index contributed by atoms with van der Waals surface area (Å²) in [6.07, 6.45) is 10.6. The summed E-state index contributed by atoms with van der Waals surface area (Å²) in [7, 11) is 0. The number of carboxylic acid groups (broad SMARTS) is 1. The summed E-state index contributed by atoms with van der Waals surface area (Å²) in [5, 5.41) is 12.1. The fourth-order valence-corrected chi connectivity index (χ4v) is 3.47. The second kappa shape index (κ2) is 7.09. The van der Waals surface area contributed by atoms with Crippen LogP contribution in [0, 0.1) is 11.3 Å². The van der Waals surface area contributed by atoms with E-state index in [4.69, 9.17) is 5.11 Å². The zero-order valence-corrected chi connectivity index (χ0v) is 12.3. The summed E-state index contributed by atoms with van der Waals surface area (Å²) in [6.45, 7) is 0.748. The molecule has 0 heterocycles. The number of carbonyl (C=O) groups is 2. The number of rotatable bonds is 8. The van der Waals surface area contributed by atoms with Gasteiger partial charge in [-0.3, -0.25) is 9.59 Å². The van der Waals surface area contributed by atoms with E-state index in [1.54, 1.807) is 0 Å². The van der Waals surface area contributed by atoms with Crippen LogP contribution in [0.15, 0.2) is 0 Å². The fraction of sp³-hybridized carbons (Fsp3) is 0.875. The van der Waals surface area contributed by atoms with E-state index in [0.717, 1.165) is 44.6 Å². The van der Waals surface area contributed by atoms with Crippen molar-refractivity contribution in [2.24, 2.45) is 11.3 Å². The van der Waals surface area contributed by atoms with Gasteiger partial charge in [0.25, 0.3) is 0 Å². The maximum Gasteiger partial charge on any atom is 0.303 e. The molecule has 2 rings (SSSR count). The minimum Gasteiger partial charge on any atom is -0.481 e. The highest BCUT2D eigenvalue weighted by Gasteiger charge is 2.36. The molecule has 0 atom stereocenters. The smallest absolute Gasteiger partial charge is 0.303 e. The van der Waals surface area contributed by atoms with Crippen LogP contribution in [0.1, 0.15) is 70.6 Å². The van der Waals surface area contributed by atoms with Crippen molar-refractivity contribution in [3.05, 3.63) is 0 Å². The van der Waals surface area contributed by atoms with E-state index >= 15 is 0 Å². The van der Waals surface area contributed by atoms with Gasteiger partial charge in [-0.05, 0) is 37.0 Å². The Bertz CT molecular complexity index is 344. The number of carboxylic acids is 1. The number of amides is 1. The SMILES string of the molecule is O=C(O)CC1(CC(=O)NCCCC2CC2)CCCCC1. The normalized spacial score (nSPS) is 21.4. The third-order valence-corrected chi connectivity index (χ3v) is 4.78. The largest absolute Gasteiger partial charge is 0.481 e. The van der Waals surface area contributed by atoms with Crippen molar-refractivity contribution in [3.8, 4) is 0 Å². The van der Waals surface area contributed by atoms with Crippen LogP contribution in [-0.2, 0) is 9.59 Å². The zero-order valence-electron chi connectivity index (χ0n) is 12.3. The Morgan fingerprint density at radius 3 is 2.40 bits per heavy atom. The quantitative estimate of drug-likeness (QED) is 0.672. The monoisotopic (exact) mass is 281 g/mol. The van der Waals surface area contributed by atoms with Crippen LogP contribution in [0.5, 0.6) is 0 Å². The minimum absolute atomic E-state index is 0.0453. The van der Waals surface area contributed by atoms with Gasteiger partial charge < -0.3 is 10.4 Å². The number of carbonyl (C=O) groups excluding carboxylic acids is 1. The second-order valence-electron chi connectivity index (χ2n) is 6.74. The minimum atomic E-state index is -0.770. The molecule has 0 aromatic carbocycles. The predicted octanol–water partition coefficient (Wildman–Crippen LogP) is 3.11. The molecule has 0 saturated heterocycles. The van der Waals surface area contributed by atoms with E-state index in [1.807, 2.05) is 0 Å². The predicted molar refractivity (Wildman–Crippen MR) is 77.4 cm³/mol. The van der Waals surface area contributed by atoms with E-state index in [9.17, 15) is 9.59 Å². The number of hydrogen-bond donors (Lipinski definition) is 2. The lowest BCUT2D eigenvalue weighted by Crippen LogP contribution is -2.35. The summed E-state index contributed by atoms with van der Waals surface area (Å²) < 4.78 is 0. The van der Waals surface area contributed by atoms with E-state index in [0.29, 0.717) is 6.42 Å². The summed E-state index contributed by atoms with van der Waals surface area (Å²) in [6, 6.07) is 0. The van der Waals surface area contributed by atoms with E-state index < -0.39 is 5.97 Å². The lowest BCUT2D eigenvalue weighted by molar-refractivity contribution is -0.141. The van der Waals surface area contributed by atoms with Crippen LogP contribution in [-0.4, -0.2) is 23.5 Å². The molecule has 0 spiro atoms. The maximum absolute atomic E-state index is 12.1. The molecule has 4 heteroatoms. The Morgan fingerprint density at radius 2 is 1.80 bits per heavy atom. The maximum atomic E-state index is 12.1. The van der Waals surface area contributed by atoms with Crippen molar-refractivity contribution in [1.82, 2.24) is 5.32 Å². The third kappa shape index (κ3) is 5.14. The van der Waals surface area contributed by atoms with E-state index in [-0.39, 0.29) is 17.7 Å². The molecular weight excluding hydrogens is 254 g/mol. The van der Waals surface area contributed by atoms with Gasteiger partial charge >= 0.3 is 5.97 Å². The molecule has 0 unspecified atom stereocenters. The summed E-state index contributed by atoms with van der Waals surface area (Å²) in [4.78, 5) is 23.1. The zero-order chi connectivity index (χ0) is 14.4. The Labute approximate surface area is 121 Å². The second-order valence-corrected chi connectivity index (χ2v) is 6.74. The highest BCUT2D eigenvalue weighted by Crippen LogP contribution is 2.42. The highest BCUT2D eigenvalue weighted by atomic mass is 16.4. The lowest BCUT2D eigenvalue weighted by Gasteiger charge is -2.35. The molecule has 0 aromatic rings. The molecule has 0 aliphatic heterocycles. The van der Waals surface area contributed by atoms with Crippen molar-refractivity contribution in [2.75, 3.05) is 6.54 Å². The van der Waals surface area contributed by atoms with Crippen molar-refractivity contribution in [3.63, 3.8) is 0 Å². The van der Waals surface area contributed by atoms with Crippen molar-refractivity contribution in [2.45, 2.75) is 70.6 Å². The molecule has 0 aromatic heterocycles. The Hall–Kier alpha value is -1.06. The van der Waals surface area contributed by atoms with Crippen LogP contribution in [0.2, 0.25) is 0 Å². The van der Waals surface area contributed by atoms with Crippen LogP contribution in [0.4, 0.5) is 0 Å². The average Bonchev–Trinajstić information content (AvgIpc) is 3.18. The molecular formula is C16H27NO3. The number of aliphatic carboxylic acids is 1. The number of nitrogens with one attached hydrogen (secondary N) is 1. The first-order valence-electron chi connectivity index (χ1n) is 8.08. The van der Waals surface area contributed by atoms with Gasteiger partial charge in [-0.2, -0.15) is 0 Å². The van der Waals surface area contributed by atoms with Gasteiger partial charge in [-0.1, -0.05) is 32.1 Å². The molecule has 4 nitrogen and oxygen atoms in total. The van der Waals surface area contributed by atoms with Crippen LogP contribution < -0.4 is 5.32 Å². The standard InChI is InChI=1S/C16H27NO3/c18-14(17-10-4-5-13-6-7-13)11-16(12-15(19)20)8-2-1-3-9-16/h13H,1-12H2,(H,17,18)(H,19,20). The molecule has 0 bridgehead atoms. The van der Waals surface area contributed by atoms with Gasteiger partial charge in [-0.15, -0.1) is 0 Å². The molecule has 20 heavy (non-hydrogen) atoms. The molecule has 0 radical (unpaired) electrons. The number of hydrogen-bond acceptors (Lipinski definition) is 2. The van der Waals surface area contributed by atoms with Gasteiger partial charge in [0.1, 0.15) is 0 Å². The van der Waals surface area contributed by atoms with Crippen molar-refractivity contribution in [1.29, 1.82) is 0 Å². The molecule has 2 fully saturated rings. The Balaban J connectivity index is 1.73. The van der Waals surface area contributed by atoms with Gasteiger partial charge in [0.05, 0.1) is 6.42 Å². The average molecular weight is 281 g/mol. The Kier molecular flexibility index (Phi) is 5.44. The van der Waals surface area contributed by atoms with Gasteiger partial charge in [0.2, 0.25) is 5.91 Å². The van der Waals surface area contributed by atoms with Gasteiger partial charge in [-0.25, -0.2) is 0 Å². The third-order valence-electron chi connectivity index (χ3n) is 4.78. The lowest BCUT2D eigenvalue weighted by atomic mass is 9.69. The molecule has 114 valence electrons. The summed E-state index contributed by atoms with van der Waals surface area (Å²) in [5.41, 5.74) is -0.287. The molecule has 2 N–H and O–H groups in total. The van der Waals surface area contributed by atoms with Crippen molar-refractivity contribution >= 4 is 11.9 Å². The summed E-state index contributed by atoms with van der Waals surface area (Å²) >= 11 is 0. The first-order valence-corrected chi connectivity index (χ1v) is 8.08. The first kappa shape index (κ1) is 15.3. The van der Waals surface area contributed by atoms with Gasteiger partial charge in [0, 0.05) is 13.0 Å². The Morgan fingerprint density at radius 1 is 1.10 bits per heavy atom. The van der Waals surface area contributed by atoms with Crippen LogP contribution >= 0.6 is 0 Å². The van der Waals surface area contributed by atoms with Crippen LogP contribution in [0.25, 0.3) is 0 Å².